The van der Waals surface area contributed by atoms with Gasteiger partial charge in [0, 0.05) is 9.17 Å². The highest BCUT2D eigenvalue weighted by Crippen LogP contribution is 2.34. The van der Waals surface area contributed by atoms with E-state index in [2.05, 4.69) is 33.5 Å². The van der Waals surface area contributed by atoms with Crippen LogP contribution in [0.25, 0.3) is 10.1 Å². The van der Waals surface area contributed by atoms with Crippen molar-refractivity contribution in [1.29, 1.82) is 0 Å². The van der Waals surface area contributed by atoms with Crippen LogP contribution in [0.15, 0.2) is 52.3 Å². The van der Waals surface area contributed by atoms with Crippen molar-refractivity contribution in [2.45, 2.75) is 6.04 Å². The van der Waals surface area contributed by atoms with Crippen molar-refractivity contribution in [2.75, 3.05) is 0 Å². The number of rotatable bonds is 3. The fourth-order valence-electron chi connectivity index (χ4n) is 2.33. The number of hydrogen-bond donors (Lipinski definition) is 2. The van der Waals surface area contributed by atoms with Crippen molar-refractivity contribution in [1.82, 2.24) is 5.43 Å². The third kappa shape index (κ3) is 2.38. The molecule has 1 heterocycles. The lowest BCUT2D eigenvalue weighted by Gasteiger charge is -2.19. The van der Waals surface area contributed by atoms with Crippen molar-refractivity contribution < 1.29 is 4.39 Å². The lowest BCUT2D eigenvalue weighted by Crippen LogP contribution is -2.29. The van der Waals surface area contributed by atoms with Gasteiger partial charge in [-0.1, -0.05) is 34.1 Å². The summed E-state index contributed by atoms with van der Waals surface area (Å²) in [6.45, 7) is 0. The first-order valence-corrected chi connectivity index (χ1v) is 7.75. The van der Waals surface area contributed by atoms with Gasteiger partial charge in [0.1, 0.15) is 5.82 Å². The summed E-state index contributed by atoms with van der Waals surface area (Å²) in [5, 5.41) is 3.21. The molecule has 0 saturated heterocycles. The first-order valence-electron chi connectivity index (χ1n) is 6.08. The van der Waals surface area contributed by atoms with E-state index in [1.807, 2.05) is 17.5 Å². The molecule has 1 unspecified atom stereocenters. The highest BCUT2D eigenvalue weighted by molar-refractivity contribution is 9.10. The van der Waals surface area contributed by atoms with E-state index < -0.39 is 0 Å². The number of nitrogens with two attached hydrogens (primary N) is 1. The van der Waals surface area contributed by atoms with Gasteiger partial charge in [-0.3, -0.25) is 5.84 Å². The Morgan fingerprint density at radius 1 is 1.15 bits per heavy atom. The molecular weight excluding hydrogens is 339 g/mol. The number of nitrogens with one attached hydrogen (secondary N) is 1. The number of fused-ring (bicyclic) bond motifs is 1. The zero-order valence-corrected chi connectivity index (χ0v) is 12.8. The molecule has 1 aromatic heterocycles. The van der Waals surface area contributed by atoms with E-state index in [0.717, 1.165) is 20.3 Å². The molecule has 0 spiro atoms. The van der Waals surface area contributed by atoms with Crippen LogP contribution < -0.4 is 11.3 Å². The first-order chi connectivity index (χ1) is 9.70. The molecule has 0 fully saturated rings. The highest BCUT2D eigenvalue weighted by atomic mass is 79.9. The van der Waals surface area contributed by atoms with Gasteiger partial charge in [-0.25, -0.2) is 9.82 Å². The molecule has 102 valence electrons. The number of halogens is 2. The maximum atomic E-state index is 13.5. The molecule has 0 amide bonds. The Balaban J connectivity index is 2.19. The van der Waals surface area contributed by atoms with Gasteiger partial charge in [0.2, 0.25) is 0 Å². The first kappa shape index (κ1) is 13.7. The van der Waals surface area contributed by atoms with Crippen LogP contribution in [0.1, 0.15) is 17.2 Å². The zero-order valence-electron chi connectivity index (χ0n) is 10.4. The van der Waals surface area contributed by atoms with Crippen molar-refractivity contribution in [3.63, 3.8) is 0 Å². The highest BCUT2D eigenvalue weighted by Gasteiger charge is 2.18. The molecule has 0 radical (unpaired) electrons. The molecule has 0 saturated carbocycles. The molecule has 5 heteroatoms. The lowest BCUT2D eigenvalue weighted by molar-refractivity contribution is 0.605. The largest absolute Gasteiger partial charge is 0.271 e. The van der Waals surface area contributed by atoms with Crippen LogP contribution in [-0.2, 0) is 0 Å². The van der Waals surface area contributed by atoms with E-state index in [0.29, 0.717) is 0 Å². The summed E-state index contributed by atoms with van der Waals surface area (Å²) in [5.41, 5.74) is 4.63. The summed E-state index contributed by atoms with van der Waals surface area (Å²) in [5.74, 6) is 5.45. The Morgan fingerprint density at radius 3 is 2.80 bits per heavy atom. The minimum atomic E-state index is -0.276. The van der Waals surface area contributed by atoms with Crippen LogP contribution in [0.3, 0.4) is 0 Å². The summed E-state index contributed by atoms with van der Waals surface area (Å²) in [4.78, 5) is 0. The average molecular weight is 351 g/mol. The third-order valence-corrected chi connectivity index (χ3v) is 4.96. The van der Waals surface area contributed by atoms with Gasteiger partial charge in [-0.2, -0.15) is 0 Å². The molecule has 20 heavy (non-hydrogen) atoms. The Morgan fingerprint density at radius 2 is 2.00 bits per heavy atom. The summed E-state index contributed by atoms with van der Waals surface area (Å²) >= 11 is 5.12. The monoisotopic (exact) mass is 350 g/mol. The van der Waals surface area contributed by atoms with Crippen molar-refractivity contribution >= 4 is 37.4 Å². The molecule has 3 N–H and O–H groups in total. The second-order valence-corrected chi connectivity index (χ2v) is 6.22. The molecule has 3 rings (SSSR count). The second kappa shape index (κ2) is 5.61. The molecule has 2 aromatic carbocycles. The molecule has 0 aliphatic rings. The standard InChI is InChI=1S/C15H12BrFN2S/c16-13-5-4-10(17)8-12(13)14(19-18)11-3-1-2-9-6-7-20-15(9)11/h1-8,14,19H,18H2. The van der Waals surface area contributed by atoms with Gasteiger partial charge in [-0.05, 0) is 46.2 Å². The van der Waals surface area contributed by atoms with Crippen LogP contribution in [0.4, 0.5) is 4.39 Å². The minimum Gasteiger partial charge on any atom is -0.271 e. The molecule has 0 aliphatic carbocycles. The summed E-state index contributed by atoms with van der Waals surface area (Å²) in [6, 6.07) is 12.5. The van der Waals surface area contributed by atoms with E-state index in [9.17, 15) is 4.39 Å². The van der Waals surface area contributed by atoms with Crippen molar-refractivity contribution in [2.24, 2.45) is 5.84 Å². The Kier molecular flexibility index (Phi) is 3.85. The fraction of sp³-hybridized carbons (Fsp3) is 0.0667. The van der Waals surface area contributed by atoms with Crippen LogP contribution >= 0.6 is 27.3 Å². The fourth-order valence-corrected chi connectivity index (χ4v) is 3.75. The van der Waals surface area contributed by atoms with Gasteiger partial charge >= 0.3 is 0 Å². The van der Waals surface area contributed by atoms with Crippen LogP contribution in [0.5, 0.6) is 0 Å². The second-order valence-electron chi connectivity index (χ2n) is 4.45. The molecule has 3 aromatic rings. The number of benzene rings is 2. The molecule has 1 atom stereocenters. The predicted molar refractivity (Wildman–Crippen MR) is 85.1 cm³/mol. The van der Waals surface area contributed by atoms with Gasteiger partial charge in [0.15, 0.2) is 0 Å². The van der Waals surface area contributed by atoms with Crippen LogP contribution in [0, 0.1) is 5.82 Å². The van der Waals surface area contributed by atoms with Crippen molar-refractivity contribution in [3.05, 3.63) is 69.3 Å². The van der Waals surface area contributed by atoms with Gasteiger partial charge in [0.25, 0.3) is 0 Å². The normalized spacial score (nSPS) is 12.8. The Hall–Kier alpha value is -1.27. The molecule has 2 nitrogen and oxygen atoms in total. The molecular formula is C15H12BrFN2S. The third-order valence-electron chi connectivity index (χ3n) is 3.26. The lowest BCUT2D eigenvalue weighted by atomic mass is 9.98. The molecule has 0 aliphatic heterocycles. The predicted octanol–water partition coefficient (Wildman–Crippen LogP) is 4.36. The Bertz CT molecular complexity index is 756. The maximum absolute atomic E-state index is 13.5. The SMILES string of the molecule is NNC(c1cc(F)ccc1Br)c1cccc2ccsc12. The van der Waals surface area contributed by atoms with Crippen molar-refractivity contribution in [3.8, 4) is 0 Å². The smallest absolute Gasteiger partial charge is 0.123 e. The van der Waals surface area contributed by atoms with Crippen LogP contribution in [0.2, 0.25) is 0 Å². The van der Waals surface area contributed by atoms with E-state index in [-0.39, 0.29) is 11.9 Å². The number of thiophene rings is 1. The van der Waals surface area contributed by atoms with Gasteiger partial charge in [-0.15, -0.1) is 11.3 Å². The summed E-state index contributed by atoms with van der Waals surface area (Å²) < 4.78 is 15.5. The topological polar surface area (TPSA) is 38.0 Å². The van der Waals surface area contributed by atoms with E-state index in [4.69, 9.17) is 5.84 Å². The minimum absolute atomic E-state index is 0.262. The quantitative estimate of drug-likeness (QED) is 0.544. The van der Waals surface area contributed by atoms with Gasteiger partial charge in [0.05, 0.1) is 6.04 Å². The average Bonchev–Trinajstić information content (AvgIpc) is 2.92. The maximum Gasteiger partial charge on any atom is 0.123 e. The molecule has 0 bridgehead atoms. The summed E-state index contributed by atoms with van der Waals surface area (Å²) in [6.07, 6.45) is 0. The van der Waals surface area contributed by atoms with E-state index in [1.54, 1.807) is 17.4 Å². The number of hydrazine groups is 1. The Labute approximate surface area is 128 Å². The van der Waals surface area contributed by atoms with E-state index in [1.165, 1.54) is 17.5 Å². The van der Waals surface area contributed by atoms with E-state index >= 15 is 0 Å². The summed E-state index contributed by atoms with van der Waals surface area (Å²) in [7, 11) is 0. The zero-order chi connectivity index (χ0) is 14.1. The van der Waals surface area contributed by atoms with Gasteiger partial charge < -0.3 is 0 Å². The van der Waals surface area contributed by atoms with Crippen LogP contribution in [-0.4, -0.2) is 0 Å². The number of hydrogen-bond acceptors (Lipinski definition) is 3.